The molecule has 4 rings (SSSR count). The molecule has 4 aromatic rings. The van der Waals surface area contributed by atoms with Crippen LogP contribution in [-0.2, 0) is 13.0 Å². The zero-order chi connectivity index (χ0) is 21.1. The first kappa shape index (κ1) is 19.5. The lowest BCUT2D eigenvalue weighted by Crippen LogP contribution is -2.26. The van der Waals surface area contributed by atoms with E-state index in [4.69, 9.17) is 8.83 Å². The van der Waals surface area contributed by atoms with Crippen molar-refractivity contribution in [1.82, 2.24) is 4.90 Å². The van der Waals surface area contributed by atoms with Crippen molar-refractivity contribution in [1.29, 1.82) is 0 Å². The van der Waals surface area contributed by atoms with E-state index in [1.54, 1.807) is 48.3 Å². The van der Waals surface area contributed by atoms with Gasteiger partial charge < -0.3 is 19.1 Å². The number of fused-ring (bicyclic) bond motifs is 1. The lowest BCUT2D eigenvalue weighted by Gasteiger charge is -2.18. The lowest BCUT2D eigenvalue weighted by atomic mass is 10.1. The molecule has 2 aromatic heterocycles. The normalized spacial score (nSPS) is 10.9. The summed E-state index contributed by atoms with van der Waals surface area (Å²) in [6.07, 6.45) is 2.19. The number of amides is 2. The third-order valence-electron chi connectivity index (χ3n) is 4.96. The molecule has 0 bridgehead atoms. The van der Waals surface area contributed by atoms with Crippen LogP contribution >= 0.6 is 0 Å². The van der Waals surface area contributed by atoms with Gasteiger partial charge in [0.15, 0.2) is 5.76 Å². The highest BCUT2D eigenvalue weighted by atomic mass is 16.3. The summed E-state index contributed by atoms with van der Waals surface area (Å²) < 4.78 is 11.0. The second-order valence-electron chi connectivity index (χ2n) is 7.03. The summed E-state index contributed by atoms with van der Waals surface area (Å²) in [5, 5.41) is 3.77. The quantitative estimate of drug-likeness (QED) is 0.486. The van der Waals surface area contributed by atoms with Crippen LogP contribution in [0, 0.1) is 0 Å². The second kappa shape index (κ2) is 8.29. The highest BCUT2D eigenvalue weighted by Crippen LogP contribution is 2.27. The predicted octanol–water partition coefficient (Wildman–Crippen LogP) is 5.11. The number of para-hydroxylation sites is 1. The minimum atomic E-state index is -0.365. The van der Waals surface area contributed by atoms with Gasteiger partial charge in [0.25, 0.3) is 11.8 Å². The summed E-state index contributed by atoms with van der Waals surface area (Å²) in [7, 11) is 1.76. The summed E-state index contributed by atoms with van der Waals surface area (Å²) in [6.45, 7) is 2.47. The molecule has 6 nitrogen and oxygen atoms in total. The van der Waals surface area contributed by atoms with Crippen molar-refractivity contribution < 1.29 is 18.4 Å². The lowest BCUT2D eigenvalue weighted by molar-refractivity contribution is 0.0784. The molecule has 0 fully saturated rings. The van der Waals surface area contributed by atoms with E-state index in [0.717, 1.165) is 28.7 Å². The third-order valence-corrected chi connectivity index (χ3v) is 4.96. The number of nitrogens with one attached hydrogen (secondary N) is 1. The first-order chi connectivity index (χ1) is 14.6. The number of carbonyl (C=O) groups excluding carboxylic acids is 2. The van der Waals surface area contributed by atoms with Crippen LogP contribution < -0.4 is 5.32 Å². The number of benzene rings is 2. The molecule has 2 heterocycles. The Bertz CT molecular complexity index is 1190. The van der Waals surface area contributed by atoms with E-state index in [9.17, 15) is 9.59 Å². The molecule has 0 aliphatic carbocycles. The third kappa shape index (κ3) is 3.85. The van der Waals surface area contributed by atoms with Gasteiger partial charge in [0.05, 0.1) is 6.26 Å². The van der Waals surface area contributed by atoms with Crippen LogP contribution in [0.3, 0.4) is 0 Å². The number of nitrogens with zero attached hydrogens (tertiary/aromatic N) is 1. The Hall–Kier alpha value is -3.80. The minimum Gasteiger partial charge on any atom is -0.461 e. The van der Waals surface area contributed by atoms with E-state index in [2.05, 4.69) is 5.32 Å². The van der Waals surface area contributed by atoms with Gasteiger partial charge in [0, 0.05) is 42.2 Å². The molecule has 2 aromatic carbocycles. The van der Waals surface area contributed by atoms with Gasteiger partial charge in [-0.2, -0.15) is 0 Å². The maximum absolute atomic E-state index is 13.0. The average Bonchev–Trinajstić information content (AvgIpc) is 3.42. The fourth-order valence-corrected chi connectivity index (χ4v) is 3.47. The molecule has 0 saturated heterocycles. The molecule has 0 radical (unpaired) electrons. The molecule has 0 aliphatic rings. The minimum absolute atomic E-state index is 0.142. The molecule has 1 N–H and O–H groups in total. The highest BCUT2D eigenvalue weighted by molar-refractivity contribution is 6.03. The van der Waals surface area contributed by atoms with Gasteiger partial charge in [-0.15, -0.1) is 0 Å². The molecule has 0 atom stereocenters. The van der Waals surface area contributed by atoms with Gasteiger partial charge in [-0.1, -0.05) is 31.2 Å². The standard InChI is InChI=1S/C24H22N2O4/c1-3-20-19(18-10-4-5-11-21(18)30-20)15-26(2)24(28)16-8-6-9-17(14-16)25-23(27)22-12-7-13-29-22/h4-14H,3,15H2,1-2H3,(H,25,27). The first-order valence-electron chi connectivity index (χ1n) is 9.76. The number of carbonyl (C=O) groups is 2. The largest absolute Gasteiger partial charge is 0.461 e. The fraction of sp³-hybridized carbons (Fsp3) is 0.167. The van der Waals surface area contributed by atoms with Crippen molar-refractivity contribution in [3.8, 4) is 0 Å². The van der Waals surface area contributed by atoms with Crippen molar-refractivity contribution >= 4 is 28.5 Å². The SMILES string of the molecule is CCc1oc2ccccc2c1CN(C)C(=O)c1cccc(NC(=O)c2ccco2)c1. The molecule has 0 saturated carbocycles. The van der Waals surface area contributed by atoms with Crippen LogP contribution in [0.4, 0.5) is 5.69 Å². The van der Waals surface area contributed by atoms with Gasteiger partial charge in [0.2, 0.25) is 0 Å². The summed E-state index contributed by atoms with van der Waals surface area (Å²) in [5.41, 5.74) is 2.86. The van der Waals surface area contributed by atoms with Crippen LogP contribution in [0.1, 0.15) is 39.2 Å². The van der Waals surface area contributed by atoms with E-state index in [1.165, 1.54) is 6.26 Å². The second-order valence-corrected chi connectivity index (χ2v) is 7.03. The Morgan fingerprint density at radius 3 is 2.63 bits per heavy atom. The van der Waals surface area contributed by atoms with Gasteiger partial charge in [-0.05, 0) is 36.4 Å². The maximum atomic E-state index is 13.0. The van der Waals surface area contributed by atoms with E-state index >= 15 is 0 Å². The fourth-order valence-electron chi connectivity index (χ4n) is 3.47. The zero-order valence-electron chi connectivity index (χ0n) is 16.8. The maximum Gasteiger partial charge on any atom is 0.291 e. The molecule has 0 aliphatic heterocycles. The molecule has 2 amide bonds. The summed E-state index contributed by atoms with van der Waals surface area (Å²) >= 11 is 0. The number of hydrogen-bond acceptors (Lipinski definition) is 4. The average molecular weight is 402 g/mol. The van der Waals surface area contributed by atoms with Crippen LogP contribution in [0.15, 0.2) is 75.8 Å². The van der Waals surface area contributed by atoms with Crippen molar-refractivity contribution in [3.63, 3.8) is 0 Å². The van der Waals surface area contributed by atoms with E-state index in [1.807, 2.05) is 31.2 Å². The van der Waals surface area contributed by atoms with Gasteiger partial charge in [-0.3, -0.25) is 9.59 Å². The molecular weight excluding hydrogens is 380 g/mol. The van der Waals surface area contributed by atoms with Gasteiger partial charge in [0.1, 0.15) is 11.3 Å². The molecule has 0 unspecified atom stereocenters. The number of hydrogen-bond donors (Lipinski definition) is 1. The monoisotopic (exact) mass is 402 g/mol. The molecule has 152 valence electrons. The number of anilines is 1. The van der Waals surface area contributed by atoms with E-state index < -0.39 is 0 Å². The topological polar surface area (TPSA) is 75.7 Å². The number of furan rings is 2. The van der Waals surface area contributed by atoms with Crippen LogP contribution in [0.2, 0.25) is 0 Å². The molecule has 30 heavy (non-hydrogen) atoms. The van der Waals surface area contributed by atoms with E-state index in [-0.39, 0.29) is 17.6 Å². The Labute approximate surface area is 174 Å². The summed E-state index contributed by atoms with van der Waals surface area (Å²) in [6, 6.07) is 17.9. The Morgan fingerprint density at radius 2 is 1.87 bits per heavy atom. The predicted molar refractivity (Wildman–Crippen MR) is 114 cm³/mol. The van der Waals surface area contributed by atoms with Gasteiger partial charge in [-0.25, -0.2) is 0 Å². The van der Waals surface area contributed by atoms with Crippen LogP contribution in [-0.4, -0.2) is 23.8 Å². The molecule has 6 heteroatoms. The smallest absolute Gasteiger partial charge is 0.291 e. The summed E-state index contributed by atoms with van der Waals surface area (Å²) in [5.74, 6) is 0.588. The first-order valence-corrected chi connectivity index (χ1v) is 9.76. The van der Waals surface area contributed by atoms with E-state index in [0.29, 0.717) is 17.8 Å². The highest BCUT2D eigenvalue weighted by Gasteiger charge is 2.19. The van der Waals surface area contributed by atoms with Crippen LogP contribution in [0.25, 0.3) is 11.0 Å². The number of aryl methyl sites for hydroxylation is 1. The molecule has 0 spiro atoms. The zero-order valence-corrected chi connectivity index (χ0v) is 16.8. The number of rotatable bonds is 6. The Kier molecular flexibility index (Phi) is 5.39. The Balaban J connectivity index is 1.53. The van der Waals surface area contributed by atoms with Gasteiger partial charge >= 0.3 is 0 Å². The Morgan fingerprint density at radius 1 is 1.03 bits per heavy atom. The molecular formula is C24H22N2O4. The summed E-state index contributed by atoms with van der Waals surface area (Å²) in [4.78, 5) is 26.9. The van der Waals surface area contributed by atoms with Crippen molar-refractivity contribution in [2.24, 2.45) is 0 Å². The van der Waals surface area contributed by atoms with Crippen molar-refractivity contribution in [3.05, 3.63) is 89.6 Å². The van der Waals surface area contributed by atoms with Crippen molar-refractivity contribution in [2.45, 2.75) is 19.9 Å². The van der Waals surface area contributed by atoms with Crippen LogP contribution in [0.5, 0.6) is 0 Å². The van der Waals surface area contributed by atoms with Crippen molar-refractivity contribution in [2.75, 3.05) is 12.4 Å².